The van der Waals surface area contributed by atoms with Crippen molar-refractivity contribution in [2.24, 2.45) is 0 Å². The second-order valence-electron chi connectivity index (χ2n) is 3.62. The van der Waals surface area contributed by atoms with Gasteiger partial charge in [-0.3, -0.25) is 0 Å². The number of hydrogen-bond donors (Lipinski definition) is 0. The maximum Gasteiger partial charge on any atom is 0.343 e. The number of hydrogen-bond acceptors (Lipinski definition) is 3. The van der Waals surface area contributed by atoms with Gasteiger partial charge in [-0.1, -0.05) is 26.2 Å². The number of imidazole rings is 1. The molecule has 0 unspecified atom stereocenters. The Morgan fingerprint density at radius 3 is 3.00 bits per heavy atom. The number of aryl methyl sites for hydroxylation is 1. The molecule has 0 aliphatic heterocycles. The minimum Gasteiger partial charge on any atom is -0.246 e. The molecule has 0 aromatic carbocycles. The number of aromatic nitrogens is 3. The van der Waals surface area contributed by atoms with E-state index in [2.05, 4.69) is 11.9 Å². The molecule has 2 aromatic rings. The lowest BCUT2D eigenvalue weighted by molar-refractivity contribution is 0.592. The predicted molar refractivity (Wildman–Crippen MR) is 61.5 cm³/mol. The molecule has 0 bridgehead atoms. The zero-order chi connectivity index (χ0) is 10.7. The molecule has 0 atom stereocenters. The molecule has 2 aromatic heterocycles. The van der Waals surface area contributed by atoms with Crippen molar-refractivity contribution in [3.05, 3.63) is 22.9 Å². The second kappa shape index (κ2) is 4.61. The summed E-state index contributed by atoms with van der Waals surface area (Å²) in [5.74, 6) is 0. The van der Waals surface area contributed by atoms with Crippen LogP contribution in [0.1, 0.15) is 32.6 Å². The van der Waals surface area contributed by atoms with E-state index in [-0.39, 0.29) is 5.69 Å². The van der Waals surface area contributed by atoms with Crippen LogP contribution in [0.25, 0.3) is 4.96 Å². The van der Waals surface area contributed by atoms with Crippen molar-refractivity contribution in [2.45, 2.75) is 39.2 Å². The van der Waals surface area contributed by atoms with Crippen molar-refractivity contribution in [1.82, 2.24) is 13.3 Å². The highest BCUT2D eigenvalue weighted by atomic mass is 32.1. The molecule has 0 N–H and O–H groups in total. The highest BCUT2D eigenvalue weighted by Crippen LogP contribution is 2.07. The zero-order valence-electron chi connectivity index (χ0n) is 8.85. The van der Waals surface area contributed by atoms with Gasteiger partial charge in [0, 0.05) is 18.9 Å². The lowest BCUT2D eigenvalue weighted by Crippen LogP contribution is -2.18. The molecule has 2 heterocycles. The van der Waals surface area contributed by atoms with Gasteiger partial charge in [0.1, 0.15) is 0 Å². The molecule has 0 saturated carbocycles. The van der Waals surface area contributed by atoms with E-state index in [1.165, 1.54) is 30.8 Å². The molecule has 5 heteroatoms. The van der Waals surface area contributed by atoms with Gasteiger partial charge in [0.25, 0.3) is 0 Å². The maximum absolute atomic E-state index is 11.7. The fourth-order valence-electron chi connectivity index (χ4n) is 1.58. The van der Waals surface area contributed by atoms with Crippen LogP contribution in [0.15, 0.2) is 17.2 Å². The lowest BCUT2D eigenvalue weighted by Gasteiger charge is -1.98. The minimum absolute atomic E-state index is 0.0454. The third-order valence-corrected chi connectivity index (χ3v) is 3.46. The number of nitrogens with zero attached hydrogens (tertiary/aromatic N) is 3. The van der Waals surface area contributed by atoms with E-state index >= 15 is 0 Å². The maximum atomic E-state index is 11.7. The van der Waals surface area contributed by atoms with Gasteiger partial charge >= 0.3 is 5.69 Å². The molecule has 0 fully saturated rings. The first-order valence-corrected chi connectivity index (χ1v) is 6.13. The molecule has 82 valence electrons. The van der Waals surface area contributed by atoms with Crippen LogP contribution in [0.3, 0.4) is 0 Å². The van der Waals surface area contributed by atoms with E-state index in [9.17, 15) is 4.79 Å². The molecule has 0 amide bonds. The van der Waals surface area contributed by atoms with Gasteiger partial charge < -0.3 is 0 Å². The Hall–Kier alpha value is -1.10. The molecule has 2 rings (SSSR count). The van der Waals surface area contributed by atoms with Gasteiger partial charge in [-0.15, -0.1) is 0 Å². The summed E-state index contributed by atoms with van der Waals surface area (Å²) >= 11 is 1.44. The molecule has 15 heavy (non-hydrogen) atoms. The standard InChI is InChI=1S/C10H15N3OS/c1-2-3-4-5-7-13-10(14)12-8-6-11-9(12)15-13/h6,8H,2-5,7H2,1H3. The van der Waals surface area contributed by atoms with Gasteiger partial charge in [-0.05, 0) is 18.0 Å². The number of rotatable bonds is 5. The monoisotopic (exact) mass is 225 g/mol. The smallest absolute Gasteiger partial charge is 0.246 e. The first-order valence-electron chi connectivity index (χ1n) is 5.36. The molecular weight excluding hydrogens is 210 g/mol. The van der Waals surface area contributed by atoms with Crippen LogP contribution in [-0.2, 0) is 6.54 Å². The fourth-order valence-corrected chi connectivity index (χ4v) is 2.50. The van der Waals surface area contributed by atoms with E-state index < -0.39 is 0 Å². The van der Waals surface area contributed by atoms with Crippen molar-refractivity contribution in [3.63, 3.8) is 0 Å². The molecule has 0 spiro atoms. The Kier molecular flexibility index (Phi) is 3.20. The average molecular weight is 225 g/mol. The molecule has 4 nitrogen and oxygen atoms in total. The van der Waals surface area contributed by atoms with Crippen molar-refractivity contribution >= 4 is 16.5 Å². The summed E-state index contributed by atoms with van der Waals surface area (Å²) in [5.41, 5.74) is 0.0454. The lowest BCUT2D eigenvalue weighted by atomic mass is 10.2. The van der Waals surface area contributed by atoms with E-state index in [0.29, 0.717) is 0 Å². The topological polar surface area (TPSA) is 39.3 Å². The summed E-state index contributed by atoms with van der Waals surface area (Å²) in [6.45, 7) is 3.01. The van der Waals surface area contributed by atoms with Crippen LogP contribution in [0.5, 0.6) is 0 Å². The van der Waals surface area contributed by atoms with Gasteiger partial charge in [-0.25, -0.2) is 18.1 Å². The van der Waals surface area contributed by atoms with E-state index in [1.807, 2.05) is 0 Å². The summed E-state index contributed by atoms with van der Waals surface area (Å²) in [6, 6.07) is 0. The van der Waals surface area contributed by atoms with Crippen molar-refractivity contribution in [2.75, 3.05) is 0 Å². The molecule has 0 saturated heterocycles. The van der Waals surface area contributed by atoms with Crippen LogP contribution in [-0.4, -0.2) is 13.3 Å². The van der Waals surface area contributed by atoms with Gasteiger partial charge in [0.15, 0.2) is 0 Å². The predicted octanol–water partition coefficient (Wildman–Crippen LogP) is 2.14. The van der Waals surface area contributed by atoms with Crippen LogP contribution < -0.4 is 5.69 Å². The summed E-state index contributed by atoms with van der Waals surface area (Å²) < 4.78 is 3.39. The van der Waals surface area contributed by atoms with Gasteiger partial charge in [-0.2, -0.15) is 0 Å². The number of unbranched alkanes of at least 4 members (excludes halogenated alkanes) is 3. The first-order chi connectivity index (χ1) is 7.33. The Morgan fingerprint density at radius 2 is 2.27 bits per heavy atom. The summed E-state index contributed by atoms with van der Waals surface area (Å²) in [4.78, 5) is 16.6. The molecule has 0 radical (unpaired) electrons. The molecular formula is C10H15N3OS. The Labute approximate surface area is 92.3 Å². The van der Waals surface area contributed by atoms with Crippen LogP contribution in [0, 0.1) is 0 Å². The summed E-state index contributed by atoms with van der Waals surface area (Å²) in [7, 11) is 0. The average Bonchev–Trinajstić information content (AvgIpc) is 2.78. The Bertz CT molecular complexity index is 482. The highest BCUT2D eigenvalue weighted by Gasteiger charge is 2.06. The van der Waals surface area contributed by atoms with Gasteiger partial charge in [0.05, 0.1) is 0 Å². The molecule has 0 aliphatic carbocycles. The van der Waals surface area contributed by atoms with Crippen molar-refractivity contribution in [3.8, 4) is 0 Å². The fraction of sp³-hybridized carbons (Fsp3) is 0.600. The number of fused-ring (bicyclic) bond motifs is 1. The van der Waals surface area contributed by atoms with Crippen molar-refractivity contribution < 1.29 is 0 Å². The highest BCUT2D eigenvalue weighted by molar-refractivity contribution is 7.11. The van der Waals surface area contributed by atoms with E-state index in [0.717, 1.165) is 17.9 Å². The zero-order valence-corrected chi connectivity index (χ0v) is 9.66. The normalized spacial score (nSPS) is 11.3. The Balaban J connectivity index is 2.05. The van der Waals surface area contributed by atoms with Gasteiger partial charge in [0.2, 0.25) is 4.96 Å². The molecule has 0 aliphatic rings. The quantitative estimate of drug-likeness (QED) is 0.731. The van der Waals surface area contributed by atoms with Crippen LogP contribution in [0.2, 0.25) is 0 Å². The third kappa shape index (κ3) is 2.12. The summed E-state index contributed by atoms with van der Waals surface area (Å²) in [6.07, 6.45) is 8.13. The van der Waals surface area contributed by atoms with E-state index in [1.54, 1.807) is 20.8 Å². The minimum atomic E-state index is 0.0454. The second-order valence-corrected chi connectivity index (χ2v) is 4.60. The van der Waals surface area contributed by atoms with Crippen molar-refractivity contribution in [1.29, 1.82) is 0 Å². The van der Waals surface area contributed by atoms with Crippen LogP contribution in [0.4, 0.5) is 0 Å². The summed E-state index contributed by atoms with van der Waals surface area (Å²) in [5, 5.41) is 0. The van der Waals surface area contributed by atoms with E-state index in [4.69, 9.17) is 0 Å². The first kappa shape index (κ1) is 10.4. The van der Waals surface area contributed by atoms with Crippen LogP contribution >= 0.6 is 11.5 Å². The third-order valence-electron chi connectivity index (χ3n) is 2.43. The SMILES string of the molecule is CCCCCCn1sc2nccn2c1=O. The Morgan fingerprint density at radius 1 is 1.40 bits per heavy atom. The largest absolute Gasteiger partial charge is 0.343 e.